The second-order valence-corrected chi connectivity index (χ2v) is 9.18. The molecule has 0 bridgehead atoms. The van der Waals surface area contributed by atoms with Gasteiger partial charge in [-0.05, 0) is 87.6 Å². The summed E-state index contributed by atoms with van der Waals surface area (Å²) in [5.74, 6) is -0.509. The van der Waals surface area contributed by atoms with Crippen molar-refractivity contribution in [3.05, 3.63) is 46.3 Å². The van der Waals surface area contributed by atoms with Crippen LogP contribution in [0, 0.1) is 0 Å². The molecule has 1 heterocycles. The van der Waals surface area contributed by atoms with Crippen molar-refractivity contribution >= 4 is 17.7 Å². The number of hydrogen-bond acceptors (Lipinski definition) is 4. The van der Waals surface area contributed by atoms with Crippen LogP contribution in [-0.2, 0) is 42.3 Å². The van der Waals surface area contributed by atoms with E-state index in [1.807, 2.05) is 20.8 Å². The maximum absolute atomic E-state index is 13.0. The fourth-order valence-electron chi connectivity index (χ4n) is 4.53. The zero-order valence-corrected chi connectivity index (χ0v) is 18.2. The van der Waals surface area contributed by atoms with E-state index in [9.17, 15) is 9.59 Å². The van der Waals surface area contributed by atoms with Crippen molar-refractivity contribution in [2.75, 3.05) is 5.32 Å². The molecule has 0 saturated heterocycles. The Morgan fingerprint density at radius 2 is 1.73 bits per heavy atom. The first-order valence-electron chi connectivity index (χ1n) is 10.7. The maximum atomic E-state index is 13.0. The first-order chi connectivity index (χ1) is 14.2. The van der Waals surface area contributed by atoms with Crippen LogP contribution >= 0.6 is 0 Å². The molecule has 2 aromatic rings. The summed E-state index contributed by atoms with van der Waals surface area (Å²) in [6.07, 6.45) is 7.92. The number of fused-ring (bicyclic) bond motifs is 2. The van der Waals surface area contributed by atoms with Gasteiger partial charge in [-0.3, -0.25) is 4.68 Å². The molecule has 0 spiro atoms. The molecule has 1 aromatic heterocycles. The maximum Gasteiger partial charge on any atom is 0.335 e. The Morgan fingerprint density at radius 3 is 2.27 bits per heavy atom. The molecule has 7 heteroatoms. The van der Waals surface area contributed by atoms with E-state index in [2.05, 4.69) is 21.8 Å². The number of ether oxygens (including phenoxy) is 1. The molecule has 30 heavy (non-hydrogen) atoms. The quantitative estimate of drug-likeness (QED) is 0.754. The van der Waals surface area contributed by atoms with Gasteiger partial charge in [0.1, 0.15) is 5.60 Å². The van der Waals surface area contributed by atoms with Gasteiger partial charge in [-0.15, -0.1) is 0 Å². The minimum atomic E-state index is -0.943. The number of anilines is 1. The third-order valence-electron chi connectivity index (χ3n) is 5.78. The van der Waals surface area contributed by atoms with Crippen molar-refractivity contribution < 1.29 is 14.3 Å². The van der Waals surface area contributed by atoms with Gasteiger partial charge >= 0.3 is 12.0 Å². The summed E-state index contributed by atoms with van der Waals surface area (Å²) >= 11 is 0. The molecule has 2 N–H and O–H groups in total. The van der Waals surface area contributed by atoms with Gasteiger partial charge in [0.15, 0.2) is 6.04 Å². The molecule has 0 radical (unpaired) electrons. The predicted octanol–water partition coefficient (Wildman–Crippen LogP) is 3.60. The van der Waals surface area contributed by atoms with Crippen molar-refractivity contribution in [2.45, 2.75) is 70.9 Å². The number of nitrogens with one attached hydrogen (secondary N) is 2. The van der Waals surface area contributed by atoms with E-state index in [-0.39, 0.29) is 0 Å². The summed E-state index contributed by atoms with van der Waals surface area (Å²) in [4.78, 5) is 25.9. The molecule has 4 rings (SSSR count). The first-order valence-corrected chi connectivity index (χ1v) is 10.7. The number of aryl methyl sites for hydroxylation is 3. The summed E-state index contributed by atoms with van der Waals surface area (Å²) in [6, 6.07) is 2.70. The second kappa shape index (κ2) is 7.78. The smallest absolute Gasteiger partial charge is 0.335 e. The van der Waals surface area contributed by atoms with Crippen LogP contribution in [0.1, 0.15) is 67.6 Å². The van der Waals surface area contributed by atoms with Crippen LogP contribution < -0.4 is 10.6 Å². The number of amides is 2. The van der Waals surface area contributed by atoms with Crippen molar-refractivity contribution in [3.8, 4) is 0 Å². The number of urea groups is 1. The van der Waals surface area contributed by atoms with Gasteiger partial charge in [0, 0.05) is 18.9 Å². The number of nitrogens with zero attached hydrogens (tertiary/aromatic N) is 2. The van der Waals surface area contributed by atoms with E-state index in [0.717, 1.165) is 44.2 Å². The van der Waals surface area contributed by atoms with Crippen molar-refractivity contribution in [2.24, 2.45) is 7.05 Å². The van der Waals surface area contributed by atoms with E-state index in [4.69, 9.17) is 4.74 Å². The number of carbonyl (C=O) groups is 2. The van der Waals surface area contributed by atoms with Crippen LogP contribution in [0.4, 0.5) is 10.5 Å². The first kappa shape index (κ1) is 20.4. The Balaban J connectivity index is 1.59. The van der Waals surface area contributed by atoms with Gasteiger partial charge in [-0.2, -0.15) is 5.10 Å². The lowest BCUT2D eigenvalue weighted by Crippen LogP contribution is -2.41. The molecule has 1 atom stereocenters. The highest BCUT2D eigenvalue weighted by molar-refractivity contribution is 5.95. The highest BCUT2D eigenvalue weighted by atomic mass is 16.6. The molecule has 0 saturated carbocycles. The fraction of sp³-hybridized carbons (Fsp3) is 0.522. The van der Waals surface area contributed by atoms with E-state index < -0.39 is 23.6 Å². The Hall–Kier alpha value is -2.83. The topological polar surface area (TPSA) is 85.3 Å². The van der Waals surface area contributed by atoms with Gasteiger partial charge < -0.3 is 15.4 Å². The minimum Gasteiger partial charge on any atom is -0.458 e. The Morgan fingerprint density at radius 1 is 1.10 bits per heavy atom. The van der Waals surface area contributed by atoms with Crippen LogP contribution in [0.5, 0.6) is 0 Å². The number of hydrogen-bond donors (Lipinski definition) is 2. The average molecular weight is 411 g/mol. The van der Waals surface area contributed by atoms with Crippen molar-refractivity contribution in [1.29, 1.82) is 0 Å². The predicted molar refractivity (Wildman–Crippen MR) is 114 cm³/mol. The summed E-state index contributed by atoms with van der Waals surface area (Å²) in [6.45, 7) is 5.42. The molecule has 7 nitrogen and oxygen atoms in total. The molecular weight excluding hydrogens is 380 g/mol. The Bertz CT molecular complexity index is 955. The van der Waals surface area contributed by atoms with Gasteiger partial charge in [-0.1, -0.05) is 6.07 Å². The SMILES string of the molecule is Cn1nccc1C(NC(=O)Nc1c2c(cc3c1CCC3)CCC2)C(=O)OC(C)(C)C. The number of carbonyl (C=O) groups excluding carboxylic acids is 2. The van der Waals surface area contributed by atoms with E-state index in [1.54, 1.807) is 24.0 Å². The molecule has 1 unspecified atom stereocenters. The third kappa shape index (κ3) is 4.06. The third-order valence-corrected chi connectivity index (χ3v) is 5.78. The zero-order valence-electron chi connectivity index (χ0n) is 18.2. The largest absolute Gasteiger partial charge is 0.458 e. The van der Waals surface area contributed by atoms with E-state index in [0.29, 0.717) is 5.69 Å². The lowest BCUT2D eigenvalue weighted by molar-refractivity contribution is -0.157. The summed E-state index contributed by atoms with van der Waals surface area (Å²) < 4.78 is 7.13. The highest BCUT2D eigenvalue weighted by Crippen LogP contribution is 2.38. The molecule has 1 aromatic carbocycles. The number of rotatable bonds is 4. The van der Waals surface area contributed by atoms with E-state index >= 15 is 0 Å². The molecule has 2 amide bonds. The van der Waals surface area contributed by atoms with Crippen LogP contribution in [0.2, 0.25) is 0 Å². The average Bonchev–Trinajstić information content (AvgIpc) is 3.38. The number of aromatic nitrogens is 2. The molecule has 2 aliphatic carbocycles. The molecule has 0 fully saturated rings. The summed E-state index contributed by atoms with van der Waals surface area (Å²) in [7, 11) is 1.74. The highest BCUT2D eigenvalue weighted by Gasteiger charge is 2.31. The zero-order chi connectivity index (χ0) is 21.5. The number of esters is 1. The van der Waals surface area contributed by atoms with Crippen LogP contribution in [0.3, 0.4) is 0 Å². The van der Waals surface area contributed by atoms with Gasteiger partial charge in [0.05, 0.1) is 5.69 Å². The van der Waals surface area contributed by atoms with Crippen molar-refractivity contribution in [3.63, 3.8) is 0 Å². The normalized spacial score (nSPS) is 16.0. The van der Waals surface area contributed by atoms with Gasteiger partial charge in [0.25, 0.3) is 0 Å². The lowest BCUT2D eigenvalue weighted by atomic mass is 9.99. The Labute approximate surface area is 177 Å². The Kier molecular flexibility index (Phi) is 5.30. The summed E-state index contributed by atoms with van der Waals surface area (Å²) in [5.41, 5.74) is 6.06. The van der Waals surface area contributed by atoms with E-state index in [1.165, 1.54) is 22.3 Å². The second-order valence-electron chi connectivity index (χ2n) is 9.18. The lowest BCUT2D eigenvalue weighted by Gasteiger charge is -2.25. The van der Waals surface area contributed by atoms with Gasteiger partial charge in [0.2, 0.25) is 0 Å². The van der Waals surface area contributed by atoms with Crippen LogP contribution in [-0.4, -0.2) is 27.4 Å². The summed E-state index contributed by atoms with van der Waals surface area (Å²) in [5, 5.41) is 10.1. The van der Waals surface area contributed by atoms with Crippen LogP contribution in [0.25, 0.3) is 0 Å². The van der Waals surface area contributed by atoms with Gasteiger partial charge in [-0.25, -0.2) is 9.59 Å². The van der Waals surface area contributed by atoms with Crippen LogP contribution in [0.15, 0.2) is 18.3 Å². The van der Waals surface area contributed by atoms with Crippen molar-refractivity contribution in [1.82, 2.24) is 15.1 Å². The molecular formula is C23H30N4O3. The molecule has 160 valence electrons. The monoisotopic (exact) mass is 410 g/mol. The number of benzene rings is 1. The standard InChI is InChI=1S/C23H30N4O3/c1-23(2,3)30-21(28)20(18-11-12-24-27(18)4)26-22(29)25-19-16-9-5-7-14(16)13-15-8-6-10-17(15)19/h11-13,20H,5-10H2,1-4H3,(H2,25,26,29). The fourth-order valence-corrected chi connectivity index (χ4v) is 4.53. The molecule has 0 aliphatic heterocycles. The molecule has 2 aliphatic rings. The minimum absolute atomic E-state index is 0.401.